The maximum atomic E-state index is 12.2. The summed E-state index contributed by atoms with van der Waals surface area (Å²) in [5.41, 5.74) is 1.21. The molecular weight excluding hydrogens is 304 g/mol. The molecule has 0 aromatic rings. The zero-order chi connectivity index (χ0) is 18.7. The van der Waals surface area contributed by atoms with Gasteiger partial charge in [0.1, 0.15) is 6.29 Å². The van der Waals surface area contributed by atoms with Gasteiger partial charge in [0.15, 0.2) is 0 Å². The van der Waals surface area contributed by atoms with Crippen LogP contribution in [0, 0.1) is 45.3 Å². The van der Waals surface area contributed by atoms with E-state index in [1.807, 2.05) is 0 Å². The average molecular weight is 347 g/mol. The highest BCUT2D eigenvalue weighted by Crippen LogP contribution is 2.71. The van der Waals surface area contributed by atoms with Crippen molar-refractivity contribution in [3.8, 4) is 0 Å². The van der Waals surface area contributed by atoms with Crippen LogP contribution in [-0.4, -0.2) is 6.29 Å². The lowest BCUT2D eigenvalue weighted by Gasteiger charge is -2.68. The quantitative estimate of drug-likeness (QED) is 0.508. The molecule has 3 rings (SSSR count). The van der Waals surface area contributed by atoms with Crippen molar-refractivity contribution in [2.45, 2.75) is 99.8 Å². The van der Waals surface area contributed by atoms with E-state index in [9.17, 15) is 4.79 Å². The fraction of sp³-hybridized carbons (Fsp3) is 0.958. The minimum Gasteiger partial charge on any atom is -0.303 e. The van der Waals surface area contributed by atoms with E-state index >= 15 is 0 Å². The van der Waals surface area contributed by atoms with Gasteiger partial charge in [-0.2, -0.15) is 0 Å². The zero-order valence-electron chi connectivity index (χ0n) is 18.0. The van der Waals surface area contributed by atoms with Crippen molar-refractivity contribution in [1.29, 1.82) is 0 Å². The minimum absolute atomic E-state index is 0.108. The van der Waals surface area contributed by atoms with E-state index in [1.165, 1.54) is 51.2 Å². The summed E-state index contributed by atoms with van der Waals surface area (Å²) in [4.78, 5) is 12.2. The molecule has 3 fully saturated rings. The lowest BCUT2D eigenvalue weighted by molar-refractivity contribution is -0.192. The highest BCUT2D eigenvalue weighted by molar-refractivity contribution is 5.60. The largest absolute Gasteiger partial charge is 0.303 e. The molecular formula is C24H42O. The van der Waals surface area contributed by atoms with Crippen LogP contribution in [0.1, 0.15) is 99.8 Å². The van der Waals surface area contributed by atoms with Crippen molar-refractivity contribution in [2.75, 3.05) is 0 Å². The first-order chi connectivity index (χ1) is 11.5. The number of carbonyl (C=O) groups is 1. The molecule has 0 saturated heterocycles. The molecule has 1 heteroatoms. The molecule has 0 aliphatic heterocycles. The zero-order valence-corrected chi connectivity index (χ0v) is 18.0. The first kappa shape index (κ1) is 19.4. The number of rotatable bonds is 3. The lowest BCUT2D eigenvalue weighted by Crippen LogP contribution is -2.61. The van der Waals surface area contributed by atoms with Crippen LogP contribution >= 0.6 is 0 Å². The third-order valence-electron chi connectivity index (χ3n) is 9.38. The Balaban J connectivity index is 2.02. The molecule has 0 amide bonds. The van der Waals surface area contributed by atoms with Crippen LogP contribution in [0.25, 0.3) is 0 Å². The van der Waals surface area contributed by atoms with Gasteiger partial charge in [-0.1, -0.05) is 54.9 Å². The van der Waals surface area contributed by atoms with Gasteiger partial charge in [0.05, 0.1) is 0 Å². The van der Waals surface area contributed by atoms with E-state index < -0.39 is 0 Å². The summed E-state index contributed by atoms with van der Waals surface area (Å²) in [6, 6.07) is 0. The summed E-state index contributed by atoms with van der Waals surface area (Å²) in [5.74, 6) is 2.90. The molecule has 0 aromatic carbocycles. The van der Waals surface area contributed by atoms with E-state index in [0.717, 1.165) is 18.3 Å². The third-order valence-corrected chi connectivity index (χ3v) is 9.38. The highest BCUT2D eigenvalue weighted by atomic mass is 16.1. The SMILES string of the molecule is CC(C)CC1C(C)(C=O)CCC2C3(C)CCCC(C)(C)C3CCC12C. The Morgan fingerprint density at radius 3 is 2.12 bits per heavy atom. The second kappa shape index (κ2) is 6.10. The number of hydrogen-bond acceptors (Lipinski definition) is 1. The van der Waals surface area contributed by atoms with Crippen molar-refractivity contribution in [3.63, 3.8) is 0 Å². The summed E-state index contributed by atoms with van der Waals surface area (Å²) >= 11 is 0. The van der Waals surface area contributed by atoms with Crippen molar-refractivity contribution in [2.24, 2.45) is 45.3 Å². The second-order valence-corrected chi connectivity index (χ2v) is 11.8. The van der Waals surface area contributed by atoms with E-state index in [2.05, 4.69) is 48.5 Å². The Morgan fingerprint density at radius 2 is 1.52 bits per heavy atom. The predicted molar refractivity (Wildman–Crippen MR) is 106 cm³/mol. The monoisotopic (exact) mass is 346 g/mol. The van der Waals surface area contributed by atoms with E-state index in [4.69, 9.17) is 0 Å². The normalized spacial score (nSPS) is 49.4. The van der Waals surface area contributed by atoms with Crippen LogP contribution in [0.2, 0.25) is 0 Å². The molecule has 0 aromatic heterocycles. The molecule has 1 nitrogen and oxygen atoms in total. The van der Waals surface area contributed by atoms with Crippen LogP contribution in [0.3, 0.4) is 0 Å². The summed E-state index contributed by atoms with van der Waals surface area (Å²) in [5, 5.41) is 0. The molecule has 3 aliphatic carbocycles. The number of aldehydes is 1. The fourth-order valence-electron chi connectivity index (χ4n) is 8.30. The lowest BCUT2D eigenvalue weighted by atomic mass is 9.37. The topological polar surface area (TPSA) is 17.1 Å². The second-order valence-electron chi connectivity index (χ2n) is 11.8. The molecule has 3 saturated carbocycles. The Hall–Kier alpha value is -0.330. The molecule has 0 bridgehead atoms. The third kappa shape index (κ3) is 2.83. The van der Waals surface area contributed by atoms with Gasteiger partial charge in [-0.15, -0.1) is 0 Å². The van der Waals surface area contributed by atoms with E-state index in [1.54, 1.807) is 0 Å². The van der Waals surface area contributed by atoms with Crippen LogP contribution in [-0.2, 0) is 4.79 Å². The van der Waals surface area contributed by atoms with Gasteiger partial charge in [-0.25, -0.2) is 0 Å². The van der Waals surface area contributed by atoms with Crippen LogP contribution in [0.15, 0.2) is 0 Å². The first-order valence-electron chi connectivity index (χ1n) is 11.0. The maximum absolute atomic E-state index is 12.2. The molecule has 25 heavy (non-hydrogen) atoms. The van der Waals surface area contributed by atoms with E-state index in [-0.39, 0.29) is 5.41 Å². The molecule has 6 atom stereocenters. The van der Waals surface area contributed by atoms with Crippen LogP contribution < -0.4 is 0 Å². The van der Waals surface area contributed by atoms with Crippen molar-refractivity contribution in [3.05, 3.63) is 0 Å². The summed E-state index contributed by atoms with van der Waals surface area (Å²) in [6.45, 7) is 17.2. The molecule has 144 valence electrons. The van der Waals surface area contributed by atoms with Crippen molar-refractivity contribution in [1.82, 2.24) is 0 Å². The van der Waals surface area contributed by atoms with Gasteiger partial charge in [0.25, 0.3) is 0 Å². The smallest absolute Gasteiger partial charge is 0.126 e. The van der Waals surface area contributed by atoms with E-state index in [0.29, 0.717) is 28.1 Å². The Morgan fingerprint density at radius 1 is 0.880 bits per heavy atom. The van der Waals surface area contributed by atoms with Crippen LogP contribution in [0.5, 0.6) is 0 Å². The molecule has 6 unspecified atom stereocenters. The van der Waals surface area contributed by atoms with Gasteiger partial charge in [0, 0.05) is 5.41 Å². The van der Waals surface area contributed by atoms with Crippen LogP contribution in [0.4, 0.5) is 0 Å². The summed E-state index contributed by atoms with van der Waals surface area (Å²) in [7, 11) is 0. The summed E-state index contributed by atoms with van der Waals surface area (Å²) < 4.78 is 0. The minimum atomic E-state index is -0.108. The summed E-state index contributed by atoms with van der Waals surface area (Å²) in [6.07, 6.45) is 11.8. The van der Waals surface area contributed by atoms with Gasteiger partial charge in [-0.3, -0.25) is 0 Å². The average Bonchev–Trinajstić information content (AvgIpc) is 2.49. The fourth-order valence-corrected chi connectivity index (χ4v) is 8.30. The Labute approximate surface area is 156 Å². The standard InChI is InChI=1S/C24H42O/c1-17(2)15-20-22(5,16-25)13-9-19-23(6)12-8-11-21(3,4)18(23)10-14-24(19,20)7/h16-20H,8-15H2,1-7H3. The number of fused-ring (bicyclic) bond motifs is 3. The Kier molecular flexibility index (Phi) is 4.74. The molecule has 3 aliphatic rings. The van der Waals surface area contributed by atoms with Gasteiger partial charge in [-0.05, 0) is 84.9 Å². The molecule has 0 spiro atoms. The predicted octanol–water partition coefficient (Wildman–Crippen LogP) is 6.90. The Bertz CT molecular complexity index is 520. The van der Waals surface area contributed by atoms with Gasteiger partial charge < -0.3 is 4.79 Å². The number of hydrogen-bond donors (Lipinski definition) is 0. The number of carbonyl (C=O) groups excluding carboxylic acids is 1. The van der Waals surface area contributed by atoms with Crippen molar-refractivity contribution >= 4 is 6.29 Å². The molecule has 0 N–H and O–H groups in total. The molecule has 0 heterocycles. The molecule has 0 radical (unpaired) electrons. The van der Waals surface area contributed by atoms with Gasteiger partial charge >= 0.3 is 0 Å². The highest BCUT2D eigenvalue weighted by Gasteiger charge is 2.63. The maximum Gasteiger partial charge on any atom is 0.126 e. The van der Waals surface area contributed by atoms with Crippen molar-refractivity contribution < 1.29 is 4.79 Å². The van der Waals surface area contributed by atoms with Gasteiger partial charge in [0.2, 0.25) is 0 Å². The first-order valence-corrected chi connectivity index (χ1v) is 11.0.